The number of H-pyrrole nitrogens is 1. The average molecular weight is 240 g/mol. The Bertz CT molecular complexity index is 556. The third-order valence-corrected chi connectivity index (χ3v) is 2.91. The number of benzene rings is 1. The lowest BCUT2D eigenvalue weighted by atomic mass is 10.1. The lowest BCUT2D eigenvalue weighted by molar-refractivity contribution is 0.901. The van der Waals surface area contributed by atoms with Crippen molar-refractivity contribution in [2.24, 2.45) is 7.05 Å². The van der Waals surface area contributed by atoms with Gasteiger partial charge in [-0.15, -0.1) is 0 Å². The minimum absolute atomic E-state index is 0.611. The van der Waals surface area contributed by atoms with Gasteiger partial charge in [-0.25, -0.2) is 0 Å². The smallest absolute Gasteiger partial charge is 0.195 e. The van der Waals surface area contributed by atoms with E-state index in [0.29, 0.717) is 4.77 Å². The molecule has 2 rings (SSSR count). The number of nitrogens with zero attached hydrogens (tertiary/aromatic N) is 2. The Morgan fingerprint density at radius 3 is 2.73 bits per heavy atom. The van der Waals surface area contributed by atoms with Gasteiger partial charge in [-0.2, -0.15) is 5.10 Å². The van der Waals surface area contributed by atoms with Crippen LogP contribution in [-0.2, 0) is 7.05 Å². The molecule has 1 heterocycles. The molecular formula is C10H10ClN3S. The van der Waals surface area contributed by atoms with Gasteiger partial charge < -0.3 is 4.57 Å². The molecule has 0 amide bonds. The fourth-order valence-electron chi connectivity index (χ4n) is 1.47. The molecular weight excluding hydrogens is 230 g/mol. The second-order valence-electron chi connectivity index (χ2n) is 3.37. The van der Waals surface area contributed by atoms with Gasteiger partial charge in [0.25, 0.3) is 0 Å². The lowest BCUT2D eigenvalue weighted by Gasteiger charge is -2.04. The van der Waals surface area contributed by atoms with Crippen molar-refractivity contribution in [3.05, 3.63) is 33.6 Å². The van der Waals surface area contributed by atoms with Crippen molar-refractivity contribution in [3.8, 4) is 11.4 Å². The van der Waals surface area contributed by atoms with E-state index in [0.717, 1.165) is 22.0 Å². The molecule has 78 valence electrons. The summed E-state index contributed by atoms with van der Waals surface area (Å²) in [7, 11) is 1.88. The summed E-state index contributed by atoms with van der Waals surface area (Å²) in [5.41, 5.74) is 2.12. The number of aryl methyl sites for hydroxylation is 1. The van der Waals surface area contributed by atoms with Gasteiger partial charge in [-0.1, -0.05) is 11.6 Å². The predicted octanol–water partition coefficient (Wildman–Crippen LogP) is 3.11. The second-order valence-corrected chi connectivity index (χ2v) is 4.19. The third kappa shape index (κ3) is 1.82. The van der Waals surface area contributed by atoms with Gasteiger partial charge in [0.05, 0.1) is 0 Å². The van der Waals surface area contributed by atoms with Crippen molar-refractivity contribution in [1.82, 2.24) is 14.8 Å². The Balaban J connectivity index is 2.64. The van der Waals surface area contributed by atoms with Gasteiger partial charge >= 0.3 is 0 Å². The van der Waals surface area contributed by atoms with E-state index < -0.39 is 0 Å². The Kier molecular flexibility index (Phi) is 2.63. The summed E-state index contributed by atoms with van der Waals surface area (Å²) in [4.78, 5) is 0. The highest BCUT2D eigenvalue weighted by atomic mass is 35.5. The number of halogens is 1. The van der Waals surface area contributed by atoms with Crippen molar-refractivity contribution >= 4 is 23.8 Å². The molecule has 0 saturated carbocycles. The van der Waals surface area contributed by atoms with Crippen molar-refractivity contribution < 1.29 is 0 Å². The number of hydrogen-bond donors (Lipinski definition) is 1. The van der Waals surface area contributed by atoms with E-state index in [1.54, 1.807) is 0 Å². The number of rotatable bonds is 1. The molecule has 0 aliphatic carbocycles. The van der Waals surface area contributed by atoms with Gasteiger partial charge in [-0.05, 0) is 42.9 Å². The molecule has 0 fully saturated rings. The Labute approximate surface area is 97.7 Å². The van der Waals surface area contributed by atoms with Crippen LogP contribution < -0.4 is 0 Å². The molecule has 1 aromatic heterocycles. The summed E-state index contributed by atoms with van der Waals surface area (Å²) in [6.07, 6.45) is 0. The molecule has 0 atom stereocenters. The zero-order valence-electron chi connectivity index (χ0n) is 8.41. The normalized spacial score (nSPS) is 10.6. The Morgan fingerprint density at radius 2 is 2.20 bits per heavy atom. The highest BCUT2D eigenvalue weighted by Gasteiger charge is 2.08. The molecule has 0 saturated heterocycles. The molecule has 0 radical (unpaired) electrons. The highest BCUT2D eigenvalue weighted by molar-refractivity contribution is 7.71. The fourth-order valence-corrected chi connectivity index (χ4v) is 1.82. The highest BCUT2D eigenvalue weighted by Crippen LogP contribution is 2.23. The van der Waals surface area contributed by atoms with Gasteiger partial charge in [-0.3, -0.25) is 5.10 Å². The first-order valence-corrected chi connectivity index (χ1v) is 5.26. The van der Waals surface area contributed by atoms with E-state index in [1.807, 2.05) is 36.7 Å². The maximum Gasteiger partial charge on any atom is 0.195 e. The van der Waals surface area contributed by atoms with Crippen LogP contribution in [0.25, 0.3) is 11.4 Å². The van der Waals surface area contributed by atoms with Crippen LogP contribution in [-0.4, -0.2) is 14.8 Å². The van der Waals surface area contributed by atoms with Crippen molar-refractivity contribution in [1.29, 1.82) is 0 Å². The second kappa shape index (κ2) is 3.79. The fraction of sp³-hybridized carbons (Fsp3) is 0.200. The van der Waals surface area contributed by atoms with Crippen LogP contribution in [0, 0.1) is 11.7 Å². The molecule has 0 spiro atoms. The zero-order chi connectivity index (χ0) is 11.0. The lowest BCUT2D eigenvalue weighted by Crippen LogP contribution is -1.94. The maximum atomic E-state index is 5.89. The molecule has 0 aliphatic heterocycles. The van der Waals surface area contributed by atoms with Gasteiger partial charge in [0.15, 0.2) is 10.6 Å². The van der Waals surface area contributed by atoms with Crippen molar-refractivity contribution in [3.63, 3.8) is 0 Å². The SMILES string of the molecule is Cc1cc(Cl)ccc1-c1n[nH]c(=S)n1C. The maximum absolute atomic E-state index is 5.89. The number of hydrogen-bond acceptors (Lipinski definition) is 2. The first-order chi connectivity index (χ1) is 7.09. The summed E-state index contributed by atoms with van der Waals surface area (Å²) in [5.74, 6) is 0.828. The van der Waals surface area contributed by atoms with Crippen LogP contribution in [0.3, 0.4) is 0 Å². The zero-order valence-corrected chi connectivity index (χ0v) is 9.99. The first-order valence-electron chi connectivity index (χ1n) is 4.47. The van der Waals surface area contributed by atoms with E-state index in [9.17, 15) is 0 Å². The van der Waals surface area contributed by atoms with Crippen LogP contribution in [0.5, 0.6) is 0 Å². The number of nitrogens with one attached hydrogen (secondary N) is 1. The van der Waals surface area contributed by atoms with Gasteiger partial charge in [0, 0.05) is 17.6 Å². The Hall–Kier alpha value is -1.13. The van der Waals surface area contributed by atoms with E-state index in [4.69, 9.17) is 23.8 Å². The van der Waals surface area contributed by atoms with E-state index in [2.05, 4.69) is 10.2 Å². The standard InChI is InChI=1S/C10H10ClN3S/c1-6-5-7(11)3-4-8(6)9-12-13-10(15)14(9)2/h3-5H,1-2H3,(H,13,15). The molecule has 2 aromatic rings. The Morgan fingerprint density at radius 1 is 1.47 bits per heavy atom. The summed E-state index contributed by atoms with van der Waals surface area (Å²) in [6, 6.07) is 5.71. The monoisotopic (exact) mass is 239 g/mol. The molecule has 0 aliphatic rings. The van der Waals surface area contributed by atoms with Crippen LogP contribution in [0.4, 0.5) is 0 Å². The van der Waals surface area contributed by atoms with Gasteiger partial charge in [0.2, 0.25) is 0 Å². The molecule has 1 N–H and O–H groups in total. The van der Waals surface area contributed by atoms with Crippen LogP contribution >= 0.6 is 23.8 Å². The third-order valence-electron chi connectivity index (χ3n) is 2.31. The van der Waals surface area contributed by atoms with Crippen LogP contribution in [0.2, 0.25) is 5.02 Å². The topological polar surface area (TPSA) is 33.6 Å². The minimum atomic E-state index is 0.611. The number of aromatic nitrogens is 3. The molecule has 5 heteroatoms. The average Bonchev–Trinajstić information content (AvgIpc) is 2.49. The molecule has 15 heavy (non-hydrogen) atoms. The first kappa shape index (κ1) is 10.4. The summed E-state index contributed by atoms with van der Waals surface area (Å²) in [6.45, 7) is 2.00. The quantitative estimate of drug-likeness (QED) is 0.776. The van der Waals surface area contributed by atoms with E-state index in [1.165, 1.54) is 0 Å². The van der Waals surface area contributed by atoms with E-state index >= 15 is 0 Å². The number of aromatic amines is 1. The minimum Gasteiger partial charge on any atom is -0.303 e. The largest absolute Gasteiger partial charge is 0.303 e. The molecule has 1 aromatic carbocycles. The summed E-state index contributed by atoms with van der Waals surface area (Å²) >= 11 is 11.0. The molecule has 0 bridgehead atoms. The van der Waals surface area contributed by atoms with Crippen molar-refractivity contribution in [2.75, 3.05) is 0 Å². The van der Waals surface area contributed by atoms with E-state index in [-0.39, 0.29) is 0 Å². The summed E-state index contributed by atoms with van der Waals surface area (Å²) in [5, 5.41) is 7.67. The van der Waals surface area contributed by atoms with Crippen LogP contribution in [0.15, 0.2) is 18.2 Å². The molecule has 3 nitrogen and oxygen atoms in total. The van der Waals surface area contributed by atoms with Crippen molar-refractivity contribution in [2.45, 2.75) is 6.92 Å². The summed E-state index contributed by atoms with van der Waals surface area (Å²) < 4.78 is 2.45. The van der Waals surface area contributed by atoms with Crippen LogP contribution in [0.1, 0.15) is 5.56 Å². The molecule has 0 unspecified atom stereocenters. The predicted molar refractivity (Wildman–Crippen MR) is 63.6 cm³/mol. The van der Waals surface area contributed by atoms with Gasteiger partial charge in [0.1, 0.15) is 0 Å².